The highest BCUT2D eigenvalue weighted by atomic mass is 16.2. The molecule has 1 unspecified atom stereocenters. The van der Waals surface area contributed by atoms with Crippen LogP contribution in [0.2, 0.25) is 0 Å². The summed E-state index contributed by atoms with van der Waals surface area (Å²) in [5.74, 6) is 0.650. The van der Waals surface area contributed by atoms with Gasteiger partial charge in [-0.05, 0) is 86.3 Å². The van der Waals surface area contributed by atoms with Gasteiger partial charge in [-0.2, -0.15) is 0 Å². The van der Waals surface area contributed by atoms with Crippen LogP contribution in [0.3, 0.4) is 0 Å². The van der Waals surface area contributed by atoms with E-state index >= 15 is 0 Å². The molecule has 5 nitrogen and oxygen atoms in total. The van der Waals surface area contributed by atoms with Crippen LogP contribution in [0.1, 0.15) is 86.5 Å². The molecule has 212 valence electrons. The fourth-order valence-corrected chi connectivity index (χ4v) is 3.26. The number of allylic oxidation sites excluding steroid dienone is 6. The van der Waals surface area contributed by atoms with Gasteiger partial charge in [-0.3, -0.25) is 4.98 Å². The molecule has 1 fully saturated rings. The predicted molar refractivity (Wildman–Crippen MR) is 168 cm³/mol. The van der Waals surface area contributed by atoms with E-state index in [0.717, 1.165) is 49.6 Å². The van der Waals surface area contributed by atoms with Crippen LogP contribution in [-0.2, 0) is 0 Å². The van der Waals surface area contributed by atoms with Crippen LogP contribution in [0.15, 0.2) is 61.2 Å². The Kier molecular flexibility index (Phi) is 27.7. The number of hydrogen-bond donors (Lipinski definition) is 2. The van der Waals surface area contributed by atoms with Crippen molar-refractivity contribution in [3.05, 3.63) is 72.6 Å². The lowest BCUT2D eigenvalue weighted by atomic mass is 10.1. The first-order valence-electron chi connectivity index (χ1n) is 13.7. The van der Waals surface area contributed by atoms with Crippen molar-refractivity contribution in [2.45, 2.75) is 95.0 Å². The second-order valence-corrected chi connectivity index (χ2v) is 9.07. The molecular weight excluding hydrogens is 456 g/mol. The van der Waals surface area contributed by atoms with Crippen molar-refractivity contribution >= 4 is 11.7 Å². The Hall–Kier alpha value is -2.66. The number of nitrogens with zero attached hydrogens (tertiary/aromatic N) is 2. The van der Waals surface area contributed by atoms with Crippen molar-refractivity contribution in [1.82, 2.24) is 15.2 Å². The van der Waals surface area contributed by atoms with E-state index in [0.29, 0.717) is 5.92 Å². The topological polar surface area (TPSA) is 57.3 Å². The number of aromatic nitrogens is 1. The van der Waals surface area contributed by atoms with Crippen LogP contribution in [0, 0.1) is 19.8 Å². The number of amides is 2. The molecule has 1 aromatic rings. The Labute approximate surface area is 230 Å². The van der Waals surface area contributed by atoms with Gasteiger partial charge in [0.1, 0.15) is 0 Å². The Morgan fingerprint density at radius 1 is 1.11 bits per heavy atom. The zero-order valence-corrected chi connectivity index (χ0v) is 25.9. The number of anilines is 1. The molecular formula is C32H58N4O. The second-order valence-electron chi connectivity index (χ2n) is 9.07. The summed E-state index contributed by atoms with van der Waals surface area (Å²) in [6.45, 7) is 32.0. The van der Waals surface area contributed by atoms with E-state index in [1.54, 1.807) is 12.2 Å². The number of aryl methyl sites for hydroxylation is 2. The summed E-state index contributed by atoms with van der Waals surface area (Å²) in [4.78, 5) is 19.0. The van der Waals surface area contributed by atoms with Gasteiger partial charge >= 0.3 is 6.03 Å². The Morgan fingerprint density at radius 2 is 1.59 bits per heavy atom. The Balaban J connectivity index is -0.000000746. The third kappa shape index (κ3) is 24.8. The summed E-state index contributed by atoms with van der Waals surface area (Å²) in [5.41, 5.74) is 4.00. The van der Waals surface area contributed by atoms with Crippen LogP contribution >= 0.6 is 0 Å². The maximum atomic E-state index is 12.2. The molecule has 2 N–H and O–H groups in total. The lowest BCUT2D eigenvalue weighted by Gasteiger charge is -2.20. The number of hydrogen-bond acceptors (Lipinski definition) is 3. The van der Waals surface area contributed by atoms with E-state index in [4.69, 9.17) is 0 Å². The van der Waals surface area contributed by atoms with E-state index in [9.17, 15) is 4.79 Å². The van der Waals surface area contributed by atoms with Gasteiger partial charge < -0.3 is 15.5 Å². The quantitative estimate of drug-likeness (QED) is 0.373. The number of nitrogens with one attached hydrogen (secondary N) is 2. The minimum atomic E-state index is -0.131. The average Bonchev–Trinajstić information content (AvgIpc) is 3.26. The maximum absolute atomic E-state index is 12.2. The molecule has 1 saturated heterocycles. The summed E-state index contributed by atoms with van der Waals surface area (Å²) < 4.78 is 0. The van der Waals surface area contributed by atoms with Crippen molar-refractivity contribution in [2.24, 2.45) is 5.92 Å². The smallest absolute Gasteiger partial charge is 0.319 e. The zero-order valence-electron chi connectivity index (χ0n) is 25.9. The number of rotatable bonds is 6. The van der Waals surface area contributed by atoms with Gasteiger partial charge in [-0.25, -0.2) is 4.79 Å². The van der Waals surface area contributed by atoms with Crippen LogP contribution in [0.25, 0.3) is 0 Å². The molecule has 2 amide bonds. The largest absolute Gasteiger partial charge is 0.334 e. The van der Waals surface area contributed by atoms with E-state index in [1.807, 2.05) is 60.6 Å². The lowest BCUT2D eigenvalue weighted by Crippen LogP contribution is -2.40. The maximum Gasteiger partial charge on any atom is 0.319 e. The Bertz CT molecular complexity index is 753. The number of carbonyl (C=O) groups excluding carboxylic acids is 1. The normalized spacial score (nSPS) is 14.5. The first-order valence-corrected chi connectivity index (χ1v) is 13.7. The van der Waals surface area contributed by atoms with Gasteiger partial charge in [-0.15, -0.1) is 13.2 Å². The molecule has 37 heavy (non-hydrogen) atoms. The average molecular weight is 515 g/mol. The van der Waals surface area contributed by atoms with Gasteiger partial charge in [0.25, 0.3) is 0 Å². The summed E-state index contributed by atoms with van der Waals surface area (Å²) >= 11 is 0. The summed E-state index contributed by atoms with van der Waals surface area (Å²) in [6.07, 6.45) is 12.0. The third-order valence-corrected chi connectivity index (χ3v) is 4.87. The van der Waals surface area contributed by atoms with Gasteiger partial charge in [0.2, 0.25) is 0 Å². The highest BCUT2D eigenvalue weighted by Gasteiger charge is 2.24. The van der Waals surface area contributed by atoms with Crippen LogP contribution in [0.5, 0.6) is 0 Å². The van der Waals surface area contributed by atoms with E-state index in [1.165, 1.54) is 5.57 Å². The summed E-state index contributed by atoms with van der Waals surface area (Å²) in [6, 6.07) is 3.86. The molecule has 0 aliphatic carbocycles. The van der Waals surface area contributed by atoms with E-state index in [2.05, 4.69) is 79.6 Å². The molecule has 1 aliphatic heterocycles. The molecule has 1 aliphatic rings. The van der Waals surface area contributed by atoms with Gasteiger partial charge in [0, 0.05) is 42.8 Å². The molecule has 5 heteroatoms. The third-order valence-electron chi connectivity index (χ3n) is 4.87. The molecule has 2 heterocycles. The SMILES string of the molecule is C/C=C\CC(C)CN1CC[C@H](NC(=O)Nc2cc(C)nc(C)c2)C1.C=CC.C=CC.CC.CC=C(C)C. The zero-order chi connectivity index (χ0) is 29.2. The van der Waals surface area contributed by atoms with Crippen molar-refractivity contribution in [3.8, 4) is 0 Å². The first-order chi connectivity index (χ1) is 17.6. The van der Waals surface area contributed by atoms with Gasteiger partial charge in [-0.1, -0.05) is 56.7 Å². The molecule has 2 atom stereocenters. The van der Waals surface area contributed by atoms with Crippen molar-refractivity contribution in [3.63, 3.8) is 0 Å². The fraction of sp³-hybridized carbons (Fsp3) is 0.562. The lowest BCUT2D eigenvalue weighted by molar-refractivity contribution is 0.246. The first kappa shape index (κ1) is 38.9. The van der Waals surface area contributed by atoms with Crippen molar-refractivity contribution in [2.75, 3.05) is 25.0 Å². The van der Waals surface area contributed by atoms with Crippen LogP contribution in [0.4, 0.5) is 10.5 Å². The van der Waals surface area contributed by atoms with Crippen LogP contribution < -0.4 is 10.6 Å². The number of pyridine rings is 1. The van der Waals surface area contributed by atoms with E-state index < -0.39 is 0 Å². The van der Waals surface area contributed by atoms with Crippen molar-refractivity contribution in [1.29, 1.82) is 0 Å². The highest BCUT2D eigenvalue weighted by molar-refractivity contribution is 5.89. The monoisotopic (exact) mass is 514 g/mol. The van der Waals surface area contributed by atoms with Gasteiger partial charge in [0.05, 0.1) is 0 Å². The molecule has 1 aromatic heterocycles. The molecule has 0 saturated carbocycles. The van der Waals surface area contributed by atoms with Crippen LogP contribution in [-0.4, -0.2) is 41.6 Å². The summed E-state index contributed by atoms with van der Waals surface area (Å²) in [5, 5.41) is 6.00. The van der Waals surface area contributed by atoms with E-state index in [-0.39, 0.29) is 12.1 Å². The summed E-state index contributed by atoms with van der Waals surface area (Å²) in [7, 11) is 0. The van der Waals surface area contributed by atoms with Gasteiger partial charge in [0.15, 0.2) is 0 Å². The second kappa shape index (κ2) is 26.4. The van der Waals surface area contributed by atoms with Crippen molar-refractivity contribution < 1.29 is 4.79 Å². The molecule has 0 aromatic carbocycles. The minimum absolute atomic E-state index is 0.131. The Morgan fingerprint density at radius 3 is 2.03 bits per heavy atom. The fourth-order valence-electron chi connectivity index (χ4n) is 3.26. The minimum Gasteiger partial charge on any atom is -0.334 e. The number of carbonyl (C=O) groups is 1. The molecule has 0 spiro atoms. The highest BCUT2D eigenvalue weighted by Crippen LogP contribution is 2.15. The standard InChI is InChI=1S/C19H30N4O.C5H10.2C3H6.C2H6/c1-5-6-7-14(2)12-23-9-8-17(13-23)21-19(24)22-18-10-15(3)20-16(4)11-18;1-4-5(2)3;2*1-3-2;1-2/h5-6,10-11,14,17H,7-9,12-13H2,1-4H3,(H2,20,21,22,24);4H,1-3H3;2*3H,1H2,2H3;1-2H3/b6-5-;;;;/t14?,17-;;;;/m0..../s1. The molecule has 0 bridgehead atoms. The molecule has 2 rings (SSSR count). The predicted octanol–water partition coefficient (Wildman–Crippen LogP) is 8.88. The molecule has 0 radical (unpaired) electrons. The number of urea groups is 1. The number of likely N-dealkylation sites (tertiary alicyclic amines) is 1.